The number of esters is 6. The van der Waals surface area contributed by atoms with Crippen LogP contribution >= 0.6 is 0 Å². The molecule has 2 saturated carbocycles. The van der Waals surface area contributed by atoms with E-state index >= 15 is 0 Å². The van der Waals surface area contributed by atoms with E-state index in [1.165, 1.54) is 74.5 Å². The summed E-state index contributed by atoms with van der Waals surface area (Å²) in [7, 11) is 0. The summed E-state index contributed by atoms with van der Waals surface area (Å²) in [6, 6.07) is 37.9. The Kier molecular flexibility index (Phi) is 44.7. The van der Waals surface area contributed by atoms with E-state index < -0.39 is 89.7 Å². The third kappa shape index (κ3) is 37.6. The van der Waals surface area contributed by atoms with E-state index in [1.807, 2.05) is 6.92 Å². The highest BCUT2D eigenvalue weighted by Gasteiger charge is 2.32. The maximum absolute atomic E-state index is 14.1. The quantitative estimate of drug-likeness (QED) is 0.00163. The number of aryl methyl sites for hydroxylation is 1. The van der Waals surface area contributed by atoms with Gasteiger partial charge in [-0.3, -0.25) is 63.8 Å². The number of nitrogens with two attached hydrogens (primary N) is 3. The molecular formula is C105H126N14O26. The maximum atomic E-state index is 14.1. The molecular weight excluding hydrogens is 1870 g/mol. The predicted molar refractivity (Wildman–Crippen MR) is 538 cm³/mol. The molecule has 2 aromatic heterocycles. The standard InChI is InChI=1S/C43H50N4O9.C27H30N2O8.C15H21N3O3.C13H16N2O6.C7H9N3/c1-6-31-23-35(38(48)22-29-9-11-32(12-10-29)36(44)24-39(49)54-20-17-47-15-18-53-19-16-47)34(21-27(31)4)33-13-14-37(41(50)45-25-30-7-8-30)46-40(33)43(52)56-28(5)55-42(51)26(2)3;1-5-17-10-21(25(32)33)20(11-18(17)13-30)19-8-9-22(24(31)28-12-16-6-7-16)29-23(19)27(35)37-15(4)36-26(34)14(2)3;16-13-3-1-12(2-4-13)14(17)11-15(19)21-10-7-18-5-8-20-9-6-18;16-13(20-10-7-14-5-8-19-9-6-14)21-12-3-1-11(2-4-12)15(17)18;8-6-3-1-5(2-4-6)7(9)10/h6,9-14,21,23,26,28,30,44H,1,7-8,15-20,22,24-25H2,2-5H3,(H,45,50);5,8-11,14-16,30H,1,6-7,12-13H2,2-4H3,(H,28,31)(H,32,33);1-4,17H,5-11,16H2;1-4H,5-10H2;1-4H,8H2,(H3,9,10). The number of nitrogens with one attached hydrogen (secondary N) is 5. The summed E-state index contributed by atoms with van der Waals surface area (Å²) in [6.07, 6.45) is 3.61. The summed E-state index contributed by atoms with van der Waals surface area (Å²) in [5, 5.41) is 59.2. The van der Waals surface area contributed by atoms with Crippen LogP contribution in [0.5, 0.6) is 5.75 Å². The number of rotatable bonds is 41. The number of aromatic nitrogens is 2. The molecule has 0 bridgehead atoms. The van der Waals surface area contributed by atoms with Gasteiger partial charge in [0.15, 0.2) is 17.2 Å². The van der Waals surface area contributed by atoms with Crippen molar-refractivity contribution in [2.75, 3.05) is 143 Å². The molecule has 6 aromatic carbocycles. The van der Waals surface area contributed by atoms with Gasteiger partial charge in [0.25, 0.3) is 17.5 Å². The second kappa shape index (κ2) is 57.2. The molecule has 3 saturated heterocycles. The summed E-state index contributed by atoms with van der Waals surface area (Å²) in [5.41, 5.74) is 22.9. The van der Waals surface area contributed by atoms with Crippen LogP contribution in [0.1, 0.15) is 187 Å². The number of carbonyl (C=O) groups is 11. The highest BCUT2D eigenvalue weighted by atomic mass is 16.7. The van der Waals surface area contributed by atoms with Crippen LogP contribution in [-0.4, -0.2) is 267 Å². The third-order valence-corrected chi connectivity index (χ3v) is 22.9. The lowest BCUT2D eigenvalue weighted by molar-refractivity contribution is -0.384. The number of carbonyl (C=O) groups excluding carboxylic acids is 10. The van der Waals surface area contributed by atoms with Crippen molar-refractivity contribution in [1.29, 1.82) is 16.2 Å². The number of aromatic carboxylic acids is 1. The zero-order chi connectivity index (χ0) is 105. The van der Waals surface area contributed by atoms with Gasteiger partial charge >= 0.3 is 47.9 Å². The van der Waals surface area contributed by atoms with E-state index in [0.717, 1.165) is 83.7 Å². The smallest absolute Gasteiger partial charge is 0.478 e. The van der Waals surface area contributed by atoms with Gasteiger partial charge in [0.2, 0.25) is 12.6 Å². The van der Waals surface area contributed by atoms with Crippen molar-refractivity contribution in [3.63, 3.8) is 0 Å². The Morgan fingerprint density at radius 3 is 1.31 bits per heavy atom. The Labute approximate surface area is 839 Å². The van der Waals surface area contributed by atoms with Crippen molar-refractivity contribution >= 4 is 112 Å². The topological polar surface area (TPSA) is 582 Å². The second-order valence-corrected chi connectivity index (χ2v) is 34.9. The van der Waals surface area contributed by atoms with Crippen LogP contribution in [0, 0.1) is 56.9 Å². The molecule has 2 atom stereocenters. The van der Waals surface area contributed by atoms with Gasteiger partial charge in [-0.25, -0.2) is 29.1 Å². The van der Waals surface area contributed by atoms with Crippen molar-refractivity contribution in [3.05, 3.63) is 247 Å². The summed E-state index contributed by atoms with van der Waals surface area (Å²) in [5.74, 6) is -6.26. The summed E-state index contributed by atoms with van der Waals surface area (Å²) >= 11 is 0. The predicted octanol–water partition coefficient (Wildman–Crippen LogP) is 11.9. The summed E-state index contributed by atoms with van der Waals surface area (Å²) in [4.78, 5) is 164. The highest BCUT2D eigenvalue weighted by molar-refractivity contribution is 6.10. The van der Waals surface area contributed by atoms with Crippen LogP contribution in [0.3, 0.4) is 0 Å². The molecule has 2 amide bonds. The molecule has 5 fully saturated rings. The number of aliphatic hydroxyl groups excluding tert-OH is 1. The van der Waals surface area contributed by atoms with Crippen molar-refractivity contribution < 1.29 is 120 Å². The number of ether oxygens (including phenoxy) is 11. The lowest BCUT2D eigenvalue weighted by Gasteiger charge is -2.26. The minimum atomic E-state index is -1.28. The average Bonchev–Trinajstić information content (AvgIpc) is 1.77. The van der Waals surface area contributed by atoms with Gasteiger partial charge in [-0.05, 0) is 186 Å². The van der Waals surface area contributed by atoms with Gasteiger partial charge in [0, 0.05) is 149 Å². The van der Waals surface area contributed by atoms with E-state index in [1.54, 1.807) is 125 Å². The zero-order valence-electron chi connectivity index (χ0n) is 82.3. The molecule has 2 aliphatic carbocycles. The molecule has 0 radical (unpaired) electrons. The largest absolute Gasteiger partial charge is 0.513 e. The molecule has 8 aromatic rings. The first-order valence-corrected chi connectivity index (χ1v) is 47.3. The number of non-ortho nitro benzene ring substituents is 1. The number of carboxylic acids is 1. The van der Waals surface area contributed by atoms with E-state index in [4.69, 9.17) is 85.5 Å². The zero-order valence-corrected chi connectivity index (χ0v) is 82.3. The van der Waals surface area contributed by atoms with Crippen LogP contribution in [-0.2, 0) is 79.6 Å². The number of aliphatic hydroxyl groups is 1. The molecule has 5 heterocycles. The molecule has 2 unspecified atom stereocenters. The lowest BCUT2D eigenvalue weighted by atomic mass is 9.89. The third-order valence-electron chi connectivity index (χ3n) is 22.9. The summed E-state index contributed by atoms with van der Waals surface area (Å²) < 4.78 is 57.3. The van der Waals surface area contributed by atoms with Crippen LogP contribution in [0.25, 0.3) is 34.4 Å². The summed E-state index contributed by atoms with van der Waals surface area (Å²) in [6.45, 7) is 31.2. The molecule has 40 heteroatoms. The van der Waals surface area contributed by atoms with Crippen molar-refractivity contribution in [2.24, 2.45) is 29.4 Å². The van der Waals surface area contributed by atoms with E-state index in [-0.39, 0.29) is 124 Å². The first-order chi connectivity index (χ1) is 69.4. The van der Waals surface area contributed by atoms with Crippen LogP contribution in [0.15, 0.2) is 159 Å². The number of hydrogen-bond acceptors (Lipinski definition) is 35. The fourth-order valence-electron chi connectivity index (χ4n) is 14.2. The number of ketones is 1. The Bertz CT molecular complexity index is 5890. The van der Waals surface area contributed by atoms with Crippen LogP contribution < -0.4 is 32.6 Å². The second-order valence-electron chi connectivity index (χ2n) is 34.9. The molecule has 13 N–H and O–H groups in total. The Morgan fingerprint density at radius 1 is 0.524 bits per heavy atom. The number of benzene rings is 6. The Balaban J connectivity index is 0.000000224. The van der Waals surface area contributed by atoms with Crippen molar-refractivity contribution in [2.45, 2.75) is 113 Å². The number of nitrogen functional groups attached to an aromatic ring is 3. The minimum Gasteiger partial charge on any atom is -0.478 e. The van der Waals surface area contributed by atoms with E-state index in [2.05, 4.69) is 48.5 Å². The van der Waals surface area contributed by atoms with Gasteiger partial charge in [-0.2, -0.15) is 0 Å². The average molecular weight is 2000 g/mol. The van der Waals surface area contributed by atoms with Crippen molar-refractivity contribution in [3.8, 4) is 28.0 Å². The first kappa shape index (κ1) is 113. The monoisotopic (exact) mass is 2000 g/mol. The van der Waals surface area contributed by atoms with Gasteiger partial charge < -0.3 is 101 Å². The van der Waals surface area contributed by atoms with Gasteiger partial charge in [-0.15, -0.1) is 0 Å². The Hall–Kier alpha value is -15.2. The number of amidine groups is 1. The molecule has 13 rings (SSSR count). The highest BCUT2D eigenvalue weighted by Crippen LogP contribution is 2.36. The molecule has 772 valence electrons. The number of amides is 2. The minimum absolute atomic E-state index is 0.00704. The van der Waals surface area contributed by atoms with Gasteiger partial charge in [-0.1, -0.05) is 95.5 Å². The SMILES string of the molecule is C=Cc1cc(C(=O)Cc2ccc(C(=N)CC(=O)OCCN3CCOCC3)cc2)c(-c2ccc(C(=O)NCC3CC3)nc2C(=O)OC(C)OC(=O)C(C)C)cc1C.C=Cc1cc(C(=O)O)c(-c2ccc(C(=O)NCC3CC3)nc2C(=O)OC(C)OC(=O)C(C)C)cc1CO.N=C(CC(=O)OCCN1CCOCC1)c1ccc(N)cc1.N=C(N)c1ccc(N)cc1.O=C(OCCN1CCOCC1)Oc1ccc([N+](=O)[O-])cc1. The van der Waals surface area contributed by atoms with Crippen LogP contribution in [0.4, 0.5) is 21.9 Å². The van der Waals surface area contributed by atoms with E-state index in [9.17, 15) is 73.1 Å². The van der Waals surface area contributed by atoms with Gasteiger partial charge in [0.05, 0.1) is 81.4 Å². The van der Waals surface area contributed by atoms with Crippen LogP contribution in [0.2, 0.25) is 0 Å². The fourth-order valence-corrected chi connectivity index (χ4v) is 14.2. The normalized spacial score (nSPS) is 14.3. The molecule has 40 nitrogen and oxygen atoms in total. The number of morpholine rings is 3. The molecule has 145 heavy (non-hydrogen) atoms. The number of nitro groups is 1. The number of nitro benzene ring substituents is 1. The van der Waals surface area contributed by atoms with Crippen molar-refractivity contribution in [1.82, 2.24) is 35.3 Å². The number of pyridine rings is 2. The van der Waals surface area contributed by atoms with Gasteiger partial charge in [0.1, 0.15) is 42.8 Å². The molecule has 5 aliphatic rings. The molecule has 0 spiro atoms. The number of anilines is 2. The first-order valence-electron chi connectivity index (χ1n) is 47.3. The van der Waals surface area contributed by atoms with E-state index in [0.29, 0.717) is 133 Å². The number of Topliss-reactive ketones (excluding diaryl/α,β-unsaturated/α-hetero) is 1. The fraction of sp³-hybridized carbons (Fsp3) is 0.390. The maximum Gasteiger partial charge on any atom is 0.513 e. The lowest BCUT2D eigenvalue weighted by Crippen LogP contribution is -2.38. The number of nitrogens with zero attached hydrogens (tertiary/aromatic N) is 6. The number of carboxylic acid groups (broad SMARTS) is 1. The Morgan fingerprint density at radius 2 is 0.924 bits per heavy atom. The molecule has 3 aliphatic heterocycles. The number of hydrogen-bond donors (Lipinski definition) is 10.